The second kappa shape index (κ2) is 7.02. The summed E-state index contributed by atoms with van der Waals surface area (Å²) in [5, 5.41) is 7.27. The fourth-order valence-corrected chi connectivity index (χ4v) is 4.30. The third kappa shape index (κ3) is 3.00. The Labute approximate surface area is 166 Å². The van der Waals surface area contributed by atoms with E-state index in [-0.39, 0.29) is 5.91 Å². The van der Waals surface area contributed by atoms with Crippen LogP contribution < -0.4 is 5.43 Å². The lowest BCUT2D eigenvalue weighted by Gasteiger charge is -2.08. The molecule has 2 heterocycles. The van der Waals surface area contributed by atoms with Gasteiger partial charge in [-0.2, -0.15) is 5.10 Å². The summed E-state index contributed by atoms with van der Waals surface area (Å²) < 4.78 is 0. The Morgan fingerprint density at radius 3 is 2.75 bits per heavy atom. The molecule has 0 fully saturated rings. The number of carbonyl (C=O) groups excluding carboxylic acids is 1. The molecule has 0 unspecified atom stereocenters. The Morgan fingerprint density at radius 1 is 1.00 bits per heavy atom. The molecule has 28 heavy (non-hydrogen) atoms. The van der Waals surface area contributed by atoms with E-state index >= 15 is 0 Å². The predicted octanol–water partition coefficient (Wildman–Crippen LogP) is 5.04. The first kappa shape index (κ1) is 16.8. The van der Waals surface area contributed by atoms with Crippen molar-refractivity contribution < 1.29 is 4.79 Å². The van der Waals surface area contributed by atoms with Crippen molar-refractivity contribution in [1.29, 1.82) is 0 Å². The van der Waals surface area contributed by atoms with E-state index in [1.807, 2.05) is 60.0 Å². The van der Waals surface area contributed by atoms with Crippen molar-refractivity contribution in [3.05, 3.63) is 88.8 Å². The highest BCUT2D eigenvalue weighted by Gasteiger charge is 2.18. The van der Waals surface area contributed by atoms with Gasteiger partial charge in [-0.3, -0.25) is 4.79 Å². The molecule has 1 amide bonds. The van der Waals surface area contributed by atoms with E-state index in [1.165, 1.54) is 5.56 Å². The summed E-state index contributed by atoms with van der Waals surface area (Å²) in [7, 11) is 0. The molecule has 1 aliphatic carbocycles. The van der Waals surface area contributed by atoms with Crippen LogP contribution in [0.1, 0.15) is 27.9 Å². The molecule has 136 valence electrons. The van der Waals surface area contributed by atoms with Gasteiger partial charge in [-0.15, -0.1) is 11.3 Å². The van der Waals surface area contributed by atoms with Gasteiger partial charge in [-0.25, -0.2) is 10.4 Å². The summed E-state index contributed by atoms with van der Waals surface area (Å²) in [5.74, 6) is -0.215. The number of thiophene rings is 1. The number of nitrogens with zero attached hydrogens (tertiary/aromatic N) is 2. The molecule has 2 aromatic carbocycles. The van der Waals surface area contributed by atoms with E-state index in [4.69, 9.17) is 4.98 Å². The average Bonchev–Trinajstić information content (AvgIpc) is 3.41. The number of aromatic nitrogens is 1. The Hall–Kier alpha value is -3.31. The summed E-state index contributed by atoms with van der Waals surface area (Å²) in [6.07, 6.45) is 1.81. The predicted molar refractivity (Wildman–Crippen MR) is 114 cm³/mol. The minimum Gasteiger partial charge on any atom is -0.267 e. The van der Waals surface area contributed by atoms with Crippen LogP contribution in [0.5, 0.6) is 0 Å². The number of carbonyl (C=O) groups is 1. The van der Waals surface area contributed by atoms with Crippen LogP contribution >= 0.6 is 11.3 Å². The van der Waals surface area contributed by atoms with Crippen molar-refractivity contribution >= 4 is 33.9 Å². The van der Waals surface area contributed by atoms with E-state index in [0.717, 1.165) is 45.6 Å². The Morgan fingerprint density at radius 2 is 1.86 bits per heavy atom. The fraction of sp³-hybridized carbons (Fsp3) is 0.0870. The lowest BCUT2D eigenvalue weighted by molar-refractivity contribution is 0.0956. The number of amides is 1. The van der Waals surface area contributed by atoms with Crippen LogP contribution in [0.3, 0.4) is 0 Å². The van der Waals surface area contributed by atoms with Gasteiger partial charge in [0.1, 0.15) is 0 Å². The number of hydrogen-bond donors (Lipinski definition) is 1. The fourth-order valence-electron chi connectivity index (χ4n) is 3.62. The lowest BCUT2D eigenvalue weighted by atomic mass is 10.1. The number of rotatable bonds is 3. The smallest absolute Gasteiger partial charge is 0.267 e. The van der Waals surface area contributed by atoms with E-state index in [2.05, 4.69) is 22.7 Å². The molecular formula is C23H17N3OS. The van der Waals surface area contributed by atoms with Crippen LogP contribution in [-0.4, -0.2) is 16.6 Å². The maximum atomic E-state index is 13.0. The van der Waals surface area contributed by atoms with Crippen LogP contribution in [0, 0.1) is 0 Å². The first-order chi connectivity index (χ1) is 13.8. The lowest BCUT2D eigenvalue weighted by Crippen LogP contribution is -2.20. The van der Waals surface area contributed by atoms with Crippen LogP contribution in [0.25, 0.3) is 21.5 Å². The number of benzene rings is 2. The quantitative estimate of drug-likeness (QED) is 0.504. The van der Waals surface area contributed by atoms with Crippen molar-refractivity contribution in [3.63, 3.8) is 0 Å². The minimum absolute atomic E-state index is 0.215. The number of pyridine rings is 1. The summed E-state index contributed by atoms with van der Waals surface area (Å²) in [6, 6.07) is 21.8. The van der Waals surface area contributed by atoms with Gasteiger partial charge < -0.3 is 0 Å². The molecular weight excluding hydrogens is 366 g/mol. The first-order valence-corrected chi connectivity index (χ1v) is 10.1. The molecule has 0 radical (unpaired) electrons. The topological polar surface area (TPSA) is 54.4 Å². The van der Waals surface area contributed by atoms with Gasteiger partial charge >= 0.3 is 0 Å². The molecule has 4 aromatic rings. The molecule has 0 aliphatic heterocycles. The molecule has 0 saturated carbocycles. The van der Waals surface area contributed by atoms with Crippen LogP contribution in [-0.2, 0) is 6.42 Å². The van der Waals surface area contributed by atoms with E-state index in [0.29, 0.717) is 5.56 Å². The Bertz CT molecular complexity index is 1210. The van der Waals surface area contributed by atoms with Gasteiger partial charge in [-0.1, -0.05) is 48.5 Å². The SMILES string of the molecule is O=C(N/N=C1\CCc2ccccc21)c1cc(-c2cccs2)nc2ccccc12. The van der Waals surface area contributed by atoms with E-state index < -0.39 is 0 Å². The molecule has 0 spiro atoms. The largest absolute Gasteiger partial charge is 0.272 e. The second-order valence-corrected chi connectivity index (χ2v) is 7.65. The molecule has 4 nitrogen and oxygen atoms in total. The van der Waals surface area contributed by atoms with Crippen LogP contribution in [0.4, 0.5) is 0 Å². The van der Waals surface area contributed by atoms with Gasteiger partial charge in [0.15, 0.2) is 0 Å². The summed E-state index contributed by atoms with van der Waals surface area (Å²) >= 11 is 1.61. The maximum Gasteiger partial charge on any atom is 0.272 e. The number of hydrogen-bond acceptors (Lipinski definition) is 4. The van der Waals surface area contributed by atoms with Crippen molar-refractivity contribution in [1.82, 2.24) is 10.4 Å². The monoisotopic (exact) mass is 383 g/mol. The Balaban J connectivity index is 1.52. The van der Waals surface area contributed by atoms with Crippen LogP contribution in [0.2, 0.25) is 0 Å². The highest BCUT2D eigenvalue weighted by Crippen LogP contribution is 2.28. The molecule has 2 aromatic heterocycles. The number of aryl methyl sites for hydroxylation is 1. The highest BCUT2D eigenvalue weighted by atomic mass is 32.1. The molecule has 0 saturated heterocycles. The third-order valence-corrected chi connectivity index (χ3v) is 5.88. The van der Waals surface area contributed by atoms with Gasteiger partial charge in [0.05, 0.1) is 27.4 Å². The normalized spacial score (nSPS) is 14.4. The van der Waals surface area contributed by atoms with Gasteiger partial charge in [-0.05, 0) is 42.0 Å². The van der Waals surface area contributed by atoms with Crippen molar-refractivity contribution in [2.24, 2.45) is 5.10 Å². The highest BCUT2D eigenvalue weighted by molar-refractivity contribution is 7.13. The zero-order valence-electron chi connectivity index (χ0n) is 15.1. The molecule has 5 heteroatoms. The average molecular weight is 383 g/mol. The number of nitrogens with one attached hydrogen (secondary N) is 1. The zero-order chi connectivity index (χ0) is 18.9. The molecule has 0 bridgehead atoms. The molecule has 0 atom stereocenters. The van der Waals surface area contributed by atoms with Gasteiger partial charge in [0, 0.05) is 10.9 Å². The van der Waals surface area contributed by atoms with Crippen molar-refractivity contribution in [2.45, 2.75) is 12.8 Å². The van der Waals surface area contributed by atoms with Crippen molar-refractivity contribution in [2.75, 3.05) is 0 Å². The summed E-state index contributed by atoms with van der Waals surface area (Å²) in [6.45, 7) is 0. The Kier molecular flexibility index (Phi) is 4.22. The van der Waals surface area contributed by atoms with E-state index in [9.17, 15) is 4.79 Å². The summed E-state index contributed by atoms with van der Waals surface area (Å²) in [5.41, 5.74) is 8.31. The van der Waals surface area contributed by atoms with Gasteiger partial charge in [0.2, 0.25) is 0 Å². The number of hydrazone groups is 1. The van der Waals surface area contributed by atoms with Crippen molar-refractivity contribution in [3.8, 4) is 10.6 Å². The zero-order valence-corrected chi connectivity index (χ0v) is 15.9. The number of fused-ring (bicyclic) bond motifs is 2. The molecule has 1 aliphatic rings. The standard InChI is InChI=1S/C23H17N3OS/c27-23(26-25-20-12-11-15-6-1-2-7-16(15)20)18-14-21(22-10-5-13-28-22)24-19-9-4-3-8-17(18)19/h1-10,13-14H,11-12H2,(H,26,27)/b25-20+. The van der Waals surface area contributed by atoms with E-state index in [1.54, 1.807) is 11.3 Å². The summed E-state index contributed by atoms with van der Waals surface area (Å²) in [4.78, 5) is 18.8. The second-order valence-electron chi connectivity index (χ2n) is 6.71. The minimum atomic E-state index is -0.215. The van der Waals surface area contributed by atoms with Gasteiger partial charge in [0.25, 0.3) is 5.91 Å². The molecule has 5 rings (SSSR count). The third-order valence-electron chi connectivity index (χ3n) is 4.99. The number of para-hydroxylation sites is 1. The molecule has 1 N–H and O–H groups in total. The van der Waals surface area contributed by atoms with Crippen LogP contribution in [0.15, 0.2) is 77.2 Å². The first-order valence-electron chi connectivity index (χ1n) is 9.18. The maximum absolute atomic E-state index is 13.0.